The summed E-state index contributed by atoms with van der Waals surface area (Å²) in [4.78, 5) is 48.6. The maximum Gasteiger partial charge on any atom is 0.384 e. The van der Waals surface area contributed by atoms with E-state index in [-0.39, 0.29) is 11.8 Å². The third kappa shape index (κ3) is 5.70. The Bertz CT molecular complexity index is 460. The van der Waals surface area contributed by atoms with Gasteiger partial charge in [0, 0.05) is 18.8 Å². The van der Waals surface area contributed by atoms with Crippen LogP contribution in [0.15, 0.2) is 0 Å². The van der Waals surface area contributed by atoms with E-state index in [4.69, 9.17) is 5.11 Å². The Kier molecular flexibility index (Phi) is 8.60. The number of nitrogens with one attached hydrogen (secondary N) is 1. The molecule has 1 aliphatic heterocycles. The lowest BCUT2D eigenvalue weighted by atomic mass is 9.96. The van der Waals surface area contributed by atoms with Gasteiger partial charge in [0.15, 0.2) is 18.4 Å². The molecular weight excluding hydrogens is 312 g/mol. The fourth-order valence-electron chi connectivity index (χ4n) is 3.18. The zero-order valence-corrected chi connectivity index (χ0v) is 14.5. The number of nitrogens with zero attached hydrogens (tertiary/aromatic N) is 1. The molecule has 0 bridgehead atoms. The molecule has 1 radical (unpaired) electrons. The molecular formula is C17H28N2O5+. The van der Waals surface area contributed by atoms with Gasteiger partial charge in [-0.2, -0.15) is 0 Å². The minimum absolute atomic E-state index is 0.218. The molecule has 7 heteroatoms. The van der Waals surface area contributed by atoms with Crippen LogP contribution in [0.3, 0.4) is 0 Å². The quantitative estimate of drug-likeness (QED) is 0.459. The van der Waals surface area contributed by atoms with Crippen LogP contribution < -0.4 is 10.2 Å². The van der Waals surface area contributed by atoms with Crippen LogP contribution in [0.25, 0.3) is 0 Å². The van der Waals surface area contributed by atoms with E-state index in [1.54, 1.807) is 0 Å². The van der Waals surface area contributed by atoms with Crippen molar-refractivity contribution in [1.82, 2.24) is 10.2 Å². The second-order valence-electron chi connectivity index (χ2n) is 6.31. The Morgan fingerprint density at radius 3 is 2.38 bits per heavy atom. The molecule has 2 N–H and O–H groups in total. The van der Waals surface area contributed by atoms with E-state index in [1.165, 1.54) is 4.90 Å². The van der Waals surface area contributed by atoms with E-state index in [9.17, 15) is 19.2 Å². The van der Waals surface area contributed by atoms with Crippen LogP contribution >= 0.6 is 0 Å². The zero-order valence-electron chi connectivity index (χ0n) is 14.5. The molecule has 0 saturated carbocycles. The standard InChI is InChI=1S/C17H28N2O5/c1-3-6-12(7-4-2)16(23)18-14(10-15(21)22)17(24)19-9-5-8-13(19)11-20/h11-14H,3-10H2,1-2H3,(H,18,23)(H,21,22)/q+1/t13-,14-/m0/s1. The maximum atomic E-state index is 12.6. The van der Waals surface area contributed by atoms with Crippen molar-refractivity contribution >= 4 is 24.1 Å². The van der Waals surface area contributed by atoms with Gasteiger partial charge in [-0.1, -0.05) is 31.6 Å². The first-order valence-electron chi connectivity index (χ1n) is 8.72. The van der Waals surface area contributed by atoms with Crippen LogP contribution in [-0.2, 0) is 19.2 Å². The smallest absolute Gasteiger partial charge is 0.384 e. The Labute approximate surface area is 142 Å². The molecule has 24 heavy (non-hydrogen) atoms. The summed E-state index contributed by atoms with van der Waals surface area (Å²) < 4.78 is 0. The van der Waals surface area contributed by atoms with Crippen LogP contribution in [0.5, 0.6) is 0 Å². The topological polar surface area (TPSA) is 106 Å². The number of aliphatic carboxylic acids is 1. The monoisotopic (exact) mass is 340 g/mol. The SMILES string of the molecule is CCCC(CCC)C(=O)N[C@@H](CC(=O)O)C(=O)[N+]1CCC[C@H]1C=O. The van der Waals surface area contributed by atoms with E-state index < -0.39 is 30.4 Å². The van der Waals surface area contributed by atoms with Gasteiger partial charge >= 0.3 is 11.9 Å². The Hall–Kier alpha value is -1.76. The Morgan fingerprint density at radius 2 is 1.88 bits per heavy atom. The lowest BCUT2D eigenvalue weighted by Crippen LogP contribution is -2.55. The lowest BCUT2D eigenvalue weighted by Gasteiger charge is -2.20. The highest BCUT2D eigenvalue weighted by Gasteiger charge is 2.45. The number of rotatable bonds is 10. The summed E-state index contributed by atoms with van der Waals surface area (Å²) in [5, 5.41) is 11.7. The minimum atomic E-state index is -1.15. The van der Waals surface area contributed by atoms with Crippen molar-refractivity contribution in [2.45, 2.75) is 70.9 Å². The minimum Gasteiger partial charge on any atom is -0.481 e. The van der Waals surface area contributed by atoms with Crippen molar-refractivity contribution < 1.29 is 24.3 Å². The van der Waals surface area contributed by atoms with Crippen molar-refractivity contribution in [3.8, 4) is 0 Å². The first kappa shape index (κ1) is 20.3. The molecule has 1 saturated heterocycles. The number of carboxylic acids is 1. The summed E-state index contributed by atoms with van der Waals surface area (Å²) in [6.07, 6.45) is 4.61. The van der Waals surface area contributed by atoms with Gasteiger partial charge in [0.05, 0.1) is 6.42 Å². The maximum absolute atomic E-state index is 12.6. The summed E-state index contributed by atoms with van der Waals surface area (Å²) in [5.74, 6) is -2.13. The van der Waals surface area contributed by atoms with Gasteiger partial charge in [-0.25, -0.2) is 4.79 Å². The molecule has 2 atom stereocenters. The molecule has 1 fully saturated rings. The molecule has 0 spiro atoms. The second-order valence-corrected chi connectivity index (χ2v) is 6.31. The molecule has 2 amide bonds. The molecule has 0 aromatic heterocycles. The van der Waals surface area contributed by atoms with E-state index in [2.05, 4.69) is 5.32 Å². The van der Waals surface area contributed by atoms with E-state index in [0.717, 1.165) is 12.8 Å². The number of carbonyl (C=O) groups is 4. The molecule has 0 unspecified atom stereocenters. The lowest BCUT2D eigenvalue weighted by molar-refractivity contribution is -0.142. The van der Waals surface area contributed by atoms with Gasteiger partial charge in [-0.3, -0.25) is 14.4 Å². The van der Waals surface area contributed by atoms with Crippen LogP contribution in [0, 0.1) is 5.92 Å². The van der Waals surface area contributed by atoms with Crippen LogP contribution in [0.1, 0.15) is 58.8 Å². The van der Waals surface area contributed by atoms with E-state index in [0.29, 0.717) is 38.5 Å². The fraction of sp³-hybridized carbons (Fsp3) is 0.765. The van der Waals surface area contributed by atoms with E-state index >= 15 is 0 Å². The third-order valence-electron chi connectivity index (χ3n) is 4.38. The second kappa shape index (κ2) is 10.2. The number of carbonyl (C=O) groups excluding carboxylic acids is 3. The highest BCUT2D eigenvalue weighted by molar-refractivity contribution is 5.94. The van der Waals surface area contributed by atoms with Crippen molar-refractivity contribution in [2.75, 3.05) is 6.54 Å². The fourth-order valence-corrected chi connectivity index (χ4v) is 3.18. The summed E-state index contributed by atoms with van der Waals surface area (Å²) in [7, 11) is 0. The first-order valence-corrected chi connectivity index (χ1v) is 8.72. The summed E-state index contributed by atoms with van der Waals surface area (Å²) in [5.41, 5.74) is 0. The zero-order chi connectivity index (χ0) is 18.1. The normalized spacial score (nSPS) is 19.2. The number of hydrogen-bond donors (Lipinski definition) is 2. The summed E-state index contributed by atoms with van der Waals surface area (Å²) >= 11 is 0. The molecule has 0 aromatic rings. The highest BCUT2D eigenvalue weighted by Crippen LogP contribution is 2.17. The largest absolute Gasteiger partial charge is 0.481 e. The van der Waals surface area contributed by atoms with Crippen molar-refractivity contribution in [3.63, 3.8) is 0 Å². The number of carboxylic acid groups (broad SMARTS) is 1. The predicted molar refractivity (Wildman–Crippen MR) is 88.6 cm³/mol. The average molecular weight is 340 g/mol. The number of amides is 2. The third-order valence-corrected chi connectivity index (χ3v) is 4.38. The number of likely N-dealkylation sites (tertiary alicyclic amines) is 1. The molecule has 1 aliphatic rings. The molecule has 7 nitrogen and oxygen atoms in total. The first-order chi connectivity index (χ1) is 11.4. The van der Waals surface area contributed by atoms with Gasteiger partial charge in [-0.15, -0.1) is 0 Å². The van der Waals surface area contributed by atoms with Crippen molar-refractivity contribution in [1.29, 1.82) is 0 Å². The van der Waals surface area contributed by atoms with Gasteiger partial charge in [0.25, 0.3) is 0 Å². The van der Waals surface area contributed by atoms with E-state index in [1.807, 2.05) is 13.8 Å². The Balaban J connectivity index is 2.83. The van der Waals surface area contributed by atoms with Crippen LogP contribution in [0.2, 0.25) is 0 Å². The van der Waals surface area contributed by atoms with Crippen molar-refractivity contribution in [2.24, 2.45) is 5.92 Å². The number of aldehydes is 1. The molecule has 135 valence electrons. The Morgan fingerprint density at radius 1 is 1.25 bits per heavy atom. The number of hydrogen-bond acceptors (Lipinski definition) is 4. The van der Waals surface area contributed by atoms with Gasteiger partial charge < -0.3 is 10.4 Å². The predicted octanol–water partition coefficient (Wildman–Crippen LogP) is 1.19. The molecule has 1 heterocycles. The molecule has 0 aromatic carbocycles. The van der Waals surface area contributed by atoms with Gasteiger partial charge in [0.2, 0.25) is 5.91 Å². The molecule has 1 rings (SSSR count). The molecule has 0 aliphatic carbocycles. The average Bonchev–Trinajstić information content (AvgIpc) is 3.01. The van der Waals surface area contributed by atoms with Crippen LogP contribution in [0.4, 0.5) is 0 Å². The summed E-state index contributed by atoms with van der Waals surface area (Å²) in [6.45, 7) is 4.38. The highest BCUT2D eigenvalue weighted by atomic mass is 16.4. The van der Waals surface area contributed by atoms with Crippen molar-refractivity contribution in [3.05, 3.63) is 0 Å². The van der Waals surface area contributed by atoms with Crippen LogP contribution in [-0.4, -0.2) is 47.8 Å². The summed E-state index contributed by atoms with van der Waals surface area (Å²) in [6, 6.07) is -1.64. The van der Waals surface area contributed by atoms with Gasteiger partial charge in [0.1, 0.15) is 6.54 Å². The van der Waals surface area contributed by atoms with Gasteiger partial charge in [-0.05, 0) is 12.8 Å².